The number of hydrogen-bond acceptors (Lipinski definition) is 4. The molecule has 0 fully saturated rings. The smallest absolute Gasteiger partial charge is 0.265 e. The Labute approximate surface area is 159 Å². The number of nitrogens with one attached hydrogen (secondary N) is 1. The highest BCUT2D eigenvalue weighted by Gasteiger charge is 2.30. The normalized spacial score (nSPS) is 17.6. The van der Waals surface area contributed by atoms with Gasteiger partial charge in [0.2, 0.25) is 0 Å². The number of hydrogen-bond donors (Lipinski definition) is 1. The molecule has 1 N–H and O–H groups in total. The maximum atomic E-state index is 12.6. The van der Waals surface area contributed by atoms with Crippen LogP contribution in [0.1, 0.15) is 47.3 Å². The number of rotatable bonds is 3. The fourth-order valence-electron chi connectivity index (χ4n) is 3.37. The molecule has 1 amide bonds. The summed E-state index contributed by atoms with van der Waals surface area (Å²) in [6.45, 7) is 6.83. The first kappa shape index (κ1) is 19.1. The molecule has 1 atom stereocenters. The van der Waals surface area contributed by atoms with Crippen LogP contribution in [0.25, 0.3) is 0 Å². The van der Waals surface area contributed by atoms with Gasteiger partial charge < -0.3 is 5.32 Å². The van der Waals surface area contributed by atoms with Crippen molar-refractivity contribution in [3.8, 4) is 0 Å². The van der Waals surface area contributed by atoms with E-state index in [1.165, 1.54) is 22.6 Å². The molecule has 1 aliphatic carbocycles. The van der Waals surface area contributed by atoms with E-state index in [0.717, 1.165) is 25.5 Å². The van der Waals surface area contributed by atoms with E-state index >= 15 is 0 Å². The Bertz CT molecular complexity index is 936. The second-order valence-electron chi connectivity index (χ2n) is 8.12. The zero-order valence-corrected chi connectivity index (χ0v) is 17.3. The number of benzene rings is 1. The van der Waals surface area contributed by atoms with Crippen molar-refractivity contribution in [1.29, 1.82) is 0 Å². The number of sulfone groups is 1. The monoisotopic (exact) mass is 391 g/mol. The molecule has 3 rings (SSSR count). The van der Waals surface area contributed by atoms with Gasteiger partial charge in [0.05, 0.1) is 9.77 Å². The zero-order chi connectivity index (χ0) is 19.1. The second-order valence-corrected chi connectivity index (χ2v) is 11.3. The number of thiophene rings is 1. The van der Waals surface area contributed by atoms with E-state index in [0.29, 0.717) is 16.5 Å². The predicted molar refractivity (Wildman–Crippen MR) is 107 cm³/mol. The lowest BCUT2D eigenvalue weighted by Gasteiger charge is -2.33. The summed E-state index contributed by atoms with van der Waals surface area (Å²) in [5, 5.41) is 2.83. The van der Waals surface area contributed by atoms with Gasteiger partial charge in [0.15, 0.2) is 9.84 Å². The quantitative estimate of drug-likeness (QED) is 0.834. The van der Waals surface area contributed by atoms with Gasteiger partial charge >= 0.3 is 0 Å². The van der Waals surface area contributed by atoms with Crippen LogP contribution >= 0.6 is 11.3 Å². The zero-order valence-electron chi connectivity index (χ0n) is 15.6. The summed E-state index contributed by atoms with van der Waals surface area (Å²) in [5.41, 5.74) is 2.06. The SMILES string of the molecule is CC(C)(C)[C@H]1CCc2sc(C(=O)Nc3cccc(S(C)(=O)=O)c3)cc2C1. The van der Waals surface area contributed by atoms with Crippen LogP contribution in [-0.4, -0.2) is 20.6 Å². The van der Waals surface area contributed by atoms with E-state index < -0.39 is 9.84 Å². The number of anilines is 1. The first-order chi connectivity index (χ1) is 12.0. The van der Waals surface area contributed by atoms with Gasteiger partial charge in [-0.2, -0.15) is 0 Å². The van der Waals surface area contributed by atoms with E-state index in [4.69, 9.17) is 0 Å². The average molecular weight is 392 g/mol. The molecule has 1 aromatic heterocycles. The number of carbonyl (C=O) groups excluding carboxylic acids is 1. The number of amides is 1. The summed E-state index contributed by atoms with van der Waals surface area (Å²) in [6.07, 6.45) is 4.37. The maximum Gasteiger partial charge on any atom is 0.265 e. The first-order valence-corrected chi connectivity index (χ1v) is 11.5. The molecule has 26 heavy (non-hydrogen) atoms. The van der Waals surface area contributed by atoms with Gasteiger partial charge in [-0.25, -0.2) is 8.42 Å². The van der Waals surface area contributed by atoms with Crippen molar-refractivity contribution in [2.45, 2.75) is 44.9 Å². The van der Waals surface area contributed by atoms with Crippen molar-refractivity contribution in [2.24, 2.45) is 11.3 Å². The molecule has 0 aliphatic heterocycles. The molecule has 0 radical (unpaired) electrons. The third kappa shape index (κ3) is 4.18. The van der Waals surface area contributed by atoms with E-state index in [2.05, 4.69) is 26.1 Å². The van der Waals surface area contributed by atoms with E-state index in [-0.39, 0.29) is 16.2 Å². The highest BCUT2D eigenvalue weighted by Crippen LogP contribution is 2.40. The minimum atomic E-state index is -3.30. The third-order valence-corrected chi connectivity index (χ3v) is 7.40. The lowest BCUT2D eigenvalue weighted by molar-refractivity contribution is 0.103. The van der Waals surface area contributed by atoms with Gasteiger partial charge in [0, 0.05) is 16.8 Å². The van der Waals surface area contributed by atoms with Crippen LogP contribution in [0, 0.1) is 11.3 Å². The summed E-state index contributed by atoms with van der Waals surface area (Å²) in [6, 6.07) is 8.38. The fraction of sp³-hybridized carbons (Fsp3) is 0.450. The van der Waals surface area contributed by atoms with E-state index in [1.807, 2.05) is 6.07 Å². The minimum absolute atomic E-state index is 0.178. The Morgan fingerprint density at radius 3 is 2.62 bits per heavy atom. The van der Waals surface area contributed by atoms with Crippen LogP contribution in [0.3, 0.4) is 0 Å². The molecule has 0 saturated carbocycles. The molecule has 1 aliphatic rings. The van der Waals surface area contributed by atoms with Crippen LogP contribution in [0.5, 0.6) is 0 Å². The molecule has 0 bridgehead atoms. The van der Waals surface area contributed by atoms with Crippen LogP contribution in [0.2, 0.25) is 0 Å². The largest absolute Gasteiger partial charge is 0.321 e. The van der Waals surface area contributed by atoms with Crippen LogP contribution in [0.15, 0.2) is 35.2 Å². The molecular weight excluding hydrogens is 366 g/mol. The summed E-state index contributed by atoms with van der Waals surface area (Å²) in [7, 11) is -3.30. The van der Waals surface area contributed by atoms with Crippen molar-refractivity contribution >= 4 is 32.8 Å². The van der Waals surface area contributed by atoms with Gasteiger partial charge in [0.1, 0.15) is 0 Å². The highest BCUT2D eigenvalue weighted by atomic mass is 32.2. The Balaban J connectivity index is 1.78. The summed E-state index contributed by atoms with van der Waals surface area (Å²) < 4.78 is 23.3. The molecule has 2 aromatic rings. The molecule has 1 heterocycles. The Hall–Kier alpha value is -1.66. The predicted octanol–water partition coefficient (Wildman–Crippen LogP) is 4.55. The second kappa shape index (κ2) is 6.82. The molecule has 0 unspecified atom stereocenters. The lowest BCUT2D eigenvalue weighted by Crippen LogP contribution is -2.26. The Kier molecular flexibility index (Phi) is 5.01. The van der Waals surface area contributed by atoms with Crippen molar-refractivity contribution in [2.75, 3.05) is 11.6 Å². The minimum Gasteiger partial charge on any atom is -0.321 e. The van der Waals surface area contributed by atoms with Crippen molar-refractivity contribution in [3.63, 3.8) is 0 Å². The number of carbonyl (C=O) groups is 1. The summed E-state index contributed by atoms with van der Waals surface area (Å²) >= 11 is 1.55. The van der Waals surface area contributed by atoms with Crippen molar-refractivity contribution in [3.05, 3.63) is 45.6 Å². The van der Waals surface area contributed by atoms with Crippen molar-refractivity contribution in [1.82, 2.24) is 0 Å². The standard InChI is InChI=1S/C20H25NO3S2/c1-20(2,3)14-8-9-17-13(10-14)11-18(25-17)19(22)21-15-6-5-7-16(12-15)26(4,23)24/h5-7,11-12,14H,8-10H2,1-4H3,(H,21,22)/t14-/m0/s1. The van der Waals surface area contributed by atoms with E-state index in [9.17, 15) is 13.2 Å². The number of aryl methyl sites for hydroxylation is 1. The Morgan fingerprint density at radius 1 is 1.23 bits per heavy atom. The molecule has 0 saturated heterocycles. The molecule has 6 heteroatoms. The van der Waals surface area contributed by atoms with Gasteiger partial charge in [-0.3, -0.25) is 4.79 Å². The lowest BCUT2D eigenvalue weighted by atomic mass is 9.72. The van der Waals surface area contributed by atoms with Gasteiger partial charge in [-0.15, -0.1) is 11.3 Å². The molecule has 4 nitrogen and oxygen atoms in total. The van der Waals surface area contributed by atoms with Gasteiger partial charge in [0.25, 0.3) is 5.91 Å². The average Bonchev–Trinajstić information content (AvgIpc) is 2.96. The third-order valence-electron chi connectivity index (χ3n) is 5.05. The number of fused-ring (bicyclic) bond motifs is 1. The fourth-order valence-corrected chi connectivity index (χ4v) is 5.14. The van der Waals surface area contributed by atoms with Crippen LogP contribution in [-0.2, 0) is 22.7 Å². The Morgan fingerprint density at radius 2 is 1.96 bits per heavy atom. The molecular formula is C20H25NO3S2. The van der Waals surface area contributed by atoms with Gasteiger partial charge in [-0.05, 0) is 60.4 Å². The van der Waals surface area contributed by atoms with Crippen molar-refractivity contribution < 1.29 is 13.2 Å². The first-order valence-electron chi connectivity index (χ1n) is 8.77. The topological polar surface area (TPSA) is 63.2 Å². The van der Waals surface area contributed by atoms with Crippen LogP contribution in [0.4, 0.5) is 5.69 Å². The van der Waals surface area contributed by atoms with Gasteiger partial charge in [-0.1, -0.05) is 26.8 Å². The van der Waals surface area contributed by atoms with E-state index in [1.54, 1.807) is 23.5 Å². The molecule has 140 valence electrons. The molecule has 0 spiro atoms. The summed E-state index contributed by atoms with van der Waals surface area (Å²) in [5.74, 6) is 0.453. The summed E-state index contributed by atoms with van der Waals surface area (Å²) in [4.78, 5) is 14.8. The highest BCUT2D eigenvalue weighted by molar-refractivity contribution is 7.90. The maximum absolute atomic E-state index is 12.6. The van der Waals surface area contributed by atoms with Crippen LogP contribution < -0.4 is 5.32 Å². The molecule has 1 aromatic carbocycles.